The molecule has 41 heavy (non-hydrogen) atoms. The van der Waals surface area contributed by atoms with Crippen molar-refractivity contribution in [3.05, 3.63) is 76.6 Å². The molecule has 8 heteroatoms. The number of esters is 1. The lowest BCUT2D eigenvalue weighted by Crippen LogP contribution is -2.36. The van der Waals surface area contributed by atoms with E-state index in [4.69, 9.17) is 19.2 Å². The number of benzene rings is 2. The summed E-state index contributed by atoms with van der Waals surface area (Å²) in [7, 11) is 0. The average molecular weight is 552 g/mol. The summed E-state index contributed by atoms with van der Waals surface area (Å²) < 4.78 is 16.9. The SMILES string of the molecule is CC(C)(C)OC(=O)N1CCCC1c1cc(-c2cnc3[nH]cc(-c4ccc5c(c4)C(=O)OC5)c3c2)cc2c1COCC2. The van der Waals surface area contributed by atoms with Gasteiger partial charge in [0, 0.05) is 41.0 Å². The summed E-state index contributed by atoms with van der Waals surface area (Å²) in [5, 5.41) is 0.979. The second kappa shape index (κ2) is 9.73. The number of aromatic amines is 1. The summed E-state index contributed by atoms with van der Waals surface area (Å²) >= 11 is 0. The normalized spacial score (nSPS) is 18.4. The Morgan fingerprint density at radius 2 is 1.93 bits per heavy atom. The van der Waals surface area contributed by atoms with E-state index in [-0.39, 0.29) is 18.1 Å². The van der Waals surface area contributed by atoms with Crippen LogP contribution >= 0.6 is 0 Å². The van der Waals surface area contributed by atoms with E-state index in [1.54, 1.807) is 0 Å². The number of pyridine rings is 1. The second-order valence-corrected chi connectivity index (χ2v) is 12.1. The number of fused-ring (bicyclic) bond motifs is 3. The Balaban J connectivity index is 1.30. The quantitative estimate of drug-likeness (QED) is 0.284. The Bertz CT molecular complexity index is 1700. The van der Waals surface area contributed by atoms with Crippen molar-refractivity contribution in [1.29, 1.82) is 0 Å². The molecule has 0 spiro atoms. The summed E-state index contributed by atoms with van der Waals surface area (Å²) in [6.45, 7) is 7.93. The van der Waals surface area contributed by atoms with Crippen LogP contribution in [0.1, 0.15) is 72.3 Å². The first kappa shape index (κ1) is 25.8. The van der Waals surface area contributed by atoms with E-state index in [2.05, 4.69) is 23.2 Å². The number of nitrogens with one attached hydrogen (secondary N) is 1. The van der Waals surface area contributed by atoms with Gasteiger partial charge in [-0.3, -0.25) is 0 Å². The standard InChI is InChI=1S/C33H33N3O5/c1-33(2,3)41-32(38)36-9-4-5-29(36)25-13-22(11-20-8-10-39-18-28(20)25)23-14-26-27(16-35-30(26)34-15-23)19-6-7-21-17-40-31(37)24(21)12-19/h6-7,11-16,29H,4-5,8-10,17-18H2,1-3H3,(H,34,35). The number of likely N-dealkylation sites (tertiary alicyclic amines) is 1. The fourth-order valence-corrected chi connectivity index (χ4v) is 6.29. The van der Waals surface area contributed by atoms with Crippen LogP contribution < -0.4 is 0 Å². The van der Waals surface area contributed by atoms with Crippen molar-refractivity contribution in [1.82, 2.24) is 14.9 Å². The molecule has 2 aromatic carbocycles. The molecule has 2 aromatic heterocycles. The van der Waals surface area contributed by atoms with Crippen LogP contribution in [0, 0.1) is 0 Å². The van der Waals surface area contributed by atoms with Gasteiger partial charge in [-0.2, -0.15) is 0 Å². The van der Waals surface area contributed by atoms with Gasteiger partial charge in [-0.25, -0.2) is 14.6 Å². The summed E-state index contributed by atoms with van der Waals surface area (Å²) in [4.78, 5) is 35.3. The number of rotatable bonds is 3. The molecule has 1 saturated heterocycles. The van der Waals surface area contributed by atoms with E-state index < -0.39 is 5.60 Å². The maximum absolute atomic E-state index is 13.2. The van der Waals surface area contributed by atoms with Gasteiger partial charge in [-0.05, 0) is 86.1 Å². The number of H-pyrrole nitrogens is 1. The van der Waals surface area contributed by atoms with Crippen LogP contribution in [0.25, 0.3) is 33.3 Å². The highest BCUT2D eigenvalue weighted by molar-refractivity contribution is 5.99. The van der Waals surface area contributed by atoms with Gasteiger partial charge in [0.25, 0.3) is 0 Å². The fraction of sp³-hybridized carbons (Fsp3) is 0.364. The molecular weight excluding hydrogens is 518 g/mol. The molecule has 1 amide bonds. The topological polar surface area (TPSA) is 93.8 Å². The molecule has 1 fully saturated rings. The number of hydrogen-bond acceptors (Lipinski definition) is 6. The van der Waals surface area contributed by atoms with Crippen LogP contribution in [0.2, 0.25) is 0 Å². The van der Waals surface area contributed by atoms with E-state index in [0.717, 1.165) is 63.7 Å². The highest BCUT2D eigenvalue weighted by atomic mass is 16.6. The molecular formula is C33H33N3O5. The molecule has 7 rings (SSSR count). The minimum Gasteiger partial charge on any atom is -0.457 e. The molecule has 3 aliphatic heterocycles. The minimum absolute atomic E-state index is 0.0640. The van der Waals surface area contributed by atoms with Gasteiger partial charge >= 0.3 is 12.1 Å². The molecule has 4 aromatic rings. The molecule has 0 radical (unpaired) electrons. The summed E-state index contributed by atoms with van der Waals surface area (Å²) in [6, 6.07) is 12.4. The van der Waals surface area contributed by atoms with Crippen LogP contribution in [-0.4, -0.2) is 45.7 Å². The molecule has 0 bridgehead atoms. The van der Waals surface area contributed by atoms with E-state index in [9.17, 15) is 9.59 Å². The van der Waals surface area contributed by atoms with Crippen molar-refractivity contribution in [2.75, 3.05) is 13.2 Å². The molecule has 0 saturated carbocycles. The Morgan fingerprint density at radius 1 is 1.05 bits per heavy atom. The van der Waals surface area contributed by atoms with Crippen molar-refractivity contribution < 1.29 is 23.8 Å². The molecule has 1 unspecified atom stereocenters. The number of carbonyl (C=O) groups is 2. The largest absolute Gasteiger partial charge is 0.457 e. The number of hydrogen-bond donors (Lipinski definition) is 1. The third-order valence-electron chi connectivity index (χ3n) is 8.24. The third kappa shape index (κ3) is 4.66. The van der Waals surface area contributed by atoms with Crippen LogP contribution in [0.4, 0.5) is 4.79 Å². The number of aromatic nitrogens is 2. The zero-order chi connectivity index (χ0) is 28.3. The first-order valence-electron chi connectivity index (χ1n) is 14.3. The van der Waals surface area contributed by atoms with Gasteiger partial charge in [0.05, 0.1) is 24.8 Å². The molecule has 0 aliphatic carbocycles. The monoisotopic (exact) mass is 551 g/mol. The predicted octanol–water partition coefficient (Wildman–Crippen LogP) is 6.71. The van der Waals surface area contributed by atoms with Gasteiger partial charge in [0.15, 0.2) is 0 Å². The lowest BCUT2D eigenvalue weighted by molar-refractivity contribution is 0.0220. The molecule has 210 valence electrons. The molecule has 8 nitrogen and oxygen atoms in total. The van der Waals surface area contributed by atoms with Crippen molar-refractivity contribution in [2.24, 2.45) is 0 Å². The van der Waals surface area contributed by atoms with Crippen molar-refractivity contribution in [3.63, 3.8) is 0 Å². The first-order valence-corrected chi connectivity index (χ1v) is 14.3. The summed E-state index contributed by atoms with van der Waals surface area (Å²) in [6.07, 6.45) is 6.21. The van der Waals surface area contributed by atoms with Gasteiger partial charge < -0.3 is 24.1 Å². The Labute approximate surface area is 238 Å². The van der Waals surface area contributed by atoms with Gasteiger partial charge in [-0.15, -0.1) is 0 Å². The number of nitrogens with zero attached hydrogens (tertiary/aromatic N) is 2. The highest BCUT2D eigenvalue weighted by Gasteiger charge is 2.35. The van der Waals surface area contributed by atoms with Gasteiger partial charge in [0.2, 0.25) is 0 Å². The molecule has 1 atom stereocenters. The molecule has 5 heterocycles. The summed E-state index contributed by atoms with van der Waals surface area (Å²) in [5.74, 6) is -0.279. The Kier molecular flexibility index (Phi) is 6.12. The van der Waals surface area contributed by atoms with Crippen LogP contribution in [0.5, 0.6) is 0 Å². The van der Waals surface area contributed by atoms with E-state index in [0.29, 0.717) is 31.9 Å². The predicted molar refractivity (Wildman–Crippen MR) is 154 cm³/mol. The second-order valence-electron chi connectivity index (χ2n) is 12.1. The third-order valence-corrected chi connectivity index (χ3v) is 8.24. The average Bonchev–Trinajstić information content (AvgIpc) is 3.70. The van der Waals surface area contributed by atoms with Crippen LogP contribution in [-0.2, 0) is 33.8 Å². The van der Waals surface area contributed by atoms with Crippen molar-refractivity contribution in [2.45, 2.75) is 64.9 Å². The van der Waals surface area contributed by atoms with E-state index >= 15 is 0 Å². The number of carbonyl (C=O) groups excluding carboxylic acids is 2. The minimum atomic E-state index is -0.552. The van der Waals surface area contributed by atoms with Crippen LogP contribution in [0.15, 0.2) is 48.8 Å². The van der Waals surface area contributed by atoms with E-state index in [1.165, 1.54) is 11.1 Å². The zero-order valence-corrected chi connectivity index (χ0v) is 23.6. The Hall–Kier alpha value is -4.17. The fourth-order valence-electron chi connectivity index (χ4n) is 6.29. The maximum atomic E-state index is 13.2. The number of cyclic esters (lactones) is 1. The van der Waals surface area contributed by atoms with E-state index in [1.807, 2.05) is 56.3 Å². The van der Waals surface area contributed by atoms with Gasteiger partial charge in [0.1, 0.15) is 17.9 Å². The smallest absolute Gasteiger partial charge is 0.410 e. The Morgan fingerprint density at radius 3 is 2.78 bits per heavy atom. The number of amides is 1. The van der Waals surface area contributed by atoms with Crippen molar-refractivity contribution >= 4 is 23.1 Å². The number of ether oxygens (including phenoxy) is 3. The maximum Gasteiger partial charge on any atom is 0.410 e. The lowest BCUT2D eigenvalue weighted by atomic mass is 9.88. The molecule has 3 aliphatic rings. The summed E-state index contributed by atoms with van der Waals surface area (Å²) in [5.41, 5.74) is 9.32. The van der Waals surface area contributed by atoms with Gasteiger partial charge in [-0.1, -0.05) is 18.2 Å². The van der Waals surface area contributed by atoms with Crippen LogP contribution in [0.3, 0.4) is 0 Å². The zero-order valence-electron chi connectivity index (χ0n) is 23.6. The lowest BCUT2D eigenvalue weighted by Gasteiger charge is -2.31. The highest BCUT2D eigenvalue weighted by Crippen LogP contribution is 2.41. The first-order chi connectivity index (χ1) is 19.7. The molecule has 1 N–H and O–H groups in total. The van der Waals surface area contributed by atoms with Crippen molar-refractivity contribution in [3.8, 4) is 22.3 Å².